The Kier molecular flexibility index (Phi) is 3.99. The van der Waals surface area contributed by atoms with E-state index in [1.54, 1.807) is 13.8 Å². The van der Waals surface area contributed by atoms with Crippen molar-refractivity contribution in [1.82, 2.24) is 10.3 Å². The number of rotatable bonds is 4. The summed E-state index contributed by atoms with van der Waals surface area (Å²) < 4.78 is 18.2. The molecule has 0 aliphatic rings. The second-order valence-electron chi connectivity index (χ2n) is 5.04. The predicted molar refractivity (Wildman–Crippen MR) is 74.8 cm³/mol. The fourth-order valence-corrected chi connectivity index (χ4v) is 2.06. The van der Waals surface area contributed by atoms with Gasteiger partial charge >= 0.3 is 5.97 Å². The minimum Gasteiger partial charge on any atom is -0.479 e. The minimum atomic E-state index is -1.72. The summed E-state index contributed by atoms with van der Waals surface area (Å²) in [5, 5.41) is 11.9. The first-order valence-corrected chi connectivity index (χ1v) is 6.50. The van der Waals surface area contributed by atoms with E-state index in [-0.39, 0.29) is 11.3 Å². The molecule has 1 atom stereocenters. The number of aliphatic carboxylic acids is 1. The number of aryl methyl sites for hydroxylation is 2. The van der Waals surface area contributed by atoms with Crippen LogP contribution in [-0.2, 0) is 10.3 Å². The number of halogens is 1. The Morgan fingerprint density at radius 2 is 1.86 bits per heavy atom. The largest absolute Gasteiger partial charge is 0.479 e. The number of aromatic nitrogens is 1. The van der Waals surface area contributed by atoms with Gasteiger partial charge in [0.25, 0.3) is 5.91 Å². The third kappa shape index (κ3) is 2.83. The van der Waals surface area contributed by atoms with Gasteiger partial charge in [0.1, 0.15) is 5.82 Å². The van der Waals surface area contributed by atoms with Crippen molar-refractivity contribution in [2.45, 2.75) is 26.3 Å². The first kappa shape index (κ1) is 15.7. The molecule has 0 aliphatic carbocycles. The summed E-state index contributed by atoms with van der Waals surface area (Å²) in [6, 6.07) is 4.88. The number of amides is 1. The molecule has 7 heteroatoms. The van der Waals surface area contributed by atoms with Crippen LogP contribution in [0.1, 0.15) is 34.6 Å². The molecule has 1 aromatic heterocycles. The van der Waals surface area contributed by atoms with Crippen LogP contribution in [-0.4, -0.2) is 22.0 Å². The summed E-state index contributed by atoms with van der Waals surface area (Å²) in [5.74, 6) is -2.22. The zero-order valence-corrected chi connectivity index (χ0v) is 12.3. The molecule has 2 aromatic rings. The van der Waals surface area contributed by atoms with Crippen molar-refractivity contribution in [3.05, 3.63) is 53.0 Å². The van der Waals surface area contributed by atoms with Gasteiger partial charge in [0.05, 0.1) is 5.69 Å². The summed E-state index contributed by atoms with van der Waals surface area (Å²) in [7, 11) is 0. The van der Waals surface area contributed by atoms with Crippen molar-refractivity contribution in [2.24, 2.45) is 0 Å². The Labute approximate surface area is 126 Å². The number of carboxylic acids is 1. The Bertz CT molecular complexity index is 724. The molecule has 1 amide bonds. The number of benzene rings is 1. The molecule has 1 unspecified atom stereocenters. The van der Waals surface area contributed by atoms with E-state index < -0.39 is 23.2 Å². The second-order valence-corrected chi connectivity index (χ2v) is 5.04. The monoisotopic (exact) mass is 306 g/mol. The smallest absolute Gasteiger partial charge is 0.333 e. The maximum Gasteiger partial charge on any atom is 0.333 e. The van der Waals surface area contributed by atoms with Crippen LogP contribution in [0.25, 0.3) is 0 Å². The lowest BCUT2D eigenvalue weighted by atomic mass is 9.92. The molecule has 2 N–H and O–H groups in total. The van der Waals surface area contributed by atoms with Crippen LogP contribution in [0.5, 0.6) is 0 Å². The Hall–Kier alpha value is -2.70. The number of carbonyl (C=O) groups is 2. The number of oxazole rings is 1. The summed E-state index contributed by atoms with van der Waals surface area (Å²) in [6.45, 7) is 4.49. The Balaban J connectivity index is 2.36. The maximum atomic E-state index is 13.0. The summed E-state index contributed by atoms with van der Waals surface area (Å²) in [6.07, 6.45) is 0. The summed E-state index contributed by atoms with van der Waals surface area (Å²) in [5.41, 5.74) is -1.12. The zero-order valence-electron chi connectivity index (χ0n) is 12.3. The third-order valence-electron chi connectivity index (χ3n) is 3.32. The molecule has 2 rings (SSSR count). The molecule has 0 spiro atoms. The molecule has 0 radical (unpaired) electrons. The van der Waals surface area contributed by atoms with Crippen LogP contribution >= 0.6 is 0 Å². The van der Waals surface area contributed by atoms with Gasteiger partial charge in [-0.25, -0.2) is 14.2 Å². The quantitative estimate of drug-likeness (QED) is 0.903. The number of hydrogen-bond acceptors (Lipinski definition) is 4. The van der Waals surface area contributed by atoms with Gasteiger partial charge in [-0.05, 0) is 31.5 Å². The van der Waals surface area contributed by atoms with Crippen molar-refractivity contribution >= 4 is 11.9 Å². The maximum absolute atomic E-state index is 13.0. The summed E-state index contributed by atoms with van der Waals surface area (Å²) in [4.78, 5) is 27.8. The lowest BCUT2D eigenvalue weighted by Crippen LogP contribution is -2.49. The normalized spacial score (nSPS) is 13.5. The molecule has 0 fully saturated rings. The fraction of sp³-hybridized carbons (Fsp3) is 0.267. The minimum absolute atomic E-state index is 0.0490. The topological polar surface area (TPSA) is 92.4 Å². The average Bonchev–Trinajstić information content (AvgIpc) is 2.78. The van der Waals surface area contributed by atoms with Crippen LogP contribution < -0.4 is 5.32 Å². The first-order chi connectivity index (χ1) is 10.2. The number of nitrogens with zero attached hydrogens (tertiary/aromatic N) is 1. The van der Waals surface area contributed by atoms with Crippen LogP contribution in [0.3, 0.4) is 0 Å². The highest BCUT2D eigenvalue weighted by molar-refractivity contribution is 5.96. The SMILES string of the molecule is Cc1nc(C)c(C(=O)NC(C)(C(=O)O)c2ccc(F)cc2)o1. The highest BCUT2D eigenvalue weighted by atomic mass is 19.1. The lowest BCUT2D eigenvalue weighted by Gasteiger charge is -2.26. The highest BCUT2D eigenvalue weighted by Crippen LogP contribution is 2.23. The first-order valence-electron chi connectivity index (χ1n) is 6.50. The van der Waals surface area contributed by atoms with E-state index in [0.29, 0.717) is 11.6 Å². The van der Waals surface area contributed by atoms with Crippen molar-refractivity contribution in [1.29, 1.82) is 0 Å². The number of carboxylic acid groups (broad SMARTS) is 1. The van der Waals surface area contributed by atoms with Crippen molar-refractivity contribution < 1.29 is 23.5 Å². The molecule has 0 aliphatic heterocycles. The van der Waals surface area contributed by atoms with E-state index >= 15 is 0 Å². The molecule has 6 nitrogen and oxygen atoms in total. The zero-order chi connectivity index (χ0) is 16.5. The van der Waals surface area contributed by atoms with E-state index in [1.165, 1.54) is 19.1 Å². The van der Waals surface area contributed by atoms with E-state index in [9.17, 15) is 19.1 Å². The molecule has 0 saturated heterocycles. The van der Waals surface area contributed by atoms with Crippen molar-refractivity contribution in [2.75, 3.05) is 0 Å². The van der Waals surface area contributed by atoms with Gasteiger partial charge in [-0.3, -0.25) is 4.79 Å². The molecule has 22 heavy (non-hydrogen) atoms. The van der Waals surface area contributed by atoms with Gasteiger partial charge in [0.15, 0.2) is 11.4 Å². The van der Waals surface area contributed by atoms with Gasteiger partial charge in [-0.15, -0.1) is 0 Å². The van der Waals surface area contributed by atoms with Gasteiger partial charge in [-0.1, -0.05) is 12.1 Å². The lowest BCUT2D eigenvalue weighted by molar-refractivity contribution is -0.144. The molecular formula is C15H15FN2O4. The molecule has 116 valence electrons. The number of hydrogen-bond donors (Lipinski definition) is 2. The molecule has 0 bridgehead atoms. The fourth-order valence-electron chi connectivity index (χ4n) is 2.06. The standard InChI is InChI=1S/C15H15FN2O4/c1-8-12(22-9(2)17-8)13(19)18-15(3,14(20)21)10-4-6-11(16)7-5-10/h4-7H,1-3H3,(H,18,19)(H,20,21). The summed E-state index contributed by atoms with van der Waals surface area (Å²) >= 11 is 0. The van der Waals surface area contributed by atoms with Crippen LogP contribution in [0.2, 0.25) is 0 Å². The molecule has 1 heterocycles. The average molecular weight is 306 g/mol. The van der Waals surface area contributed by atoms with Crippen LogP contribution in [0.15, 0.2) is 28.7 Å². The van der Waals surface area contributed by atoms with Gasteiger partial charge in [0.2, 0.25) is 5.76 Å². The van der Waals surface area contributed by atoms with Crippen molar-refractivity contribution in [3.63, 3.8) is 0 Å². The second kappa shape index (κ2) is 5.59. The number of nitrogens with one attached hydrogen (secondary N) is 1. The Morgan fingerprint density at radius 1 is 1.27 bits per heavy atom. The van der Waals surface area contributed by atoms with E-state index in [4.69, 9.17) is 4.42 Å². The van der Waals surface area contributed by atoms with E-state index in [1.807, 2.05) is 0 Å². The van der Waals surface area contributed by atoms with E-state index in [2.05, 4.69) is 10.3 Å². The third-order valence-corrected chi connectivity index (χ3v) is 3.32. The Morgan fingerprint density at radius 3 is 2.32 bits per heavy atom. The molecule has 1 aromatic carbocycles. The van der Waals surface area contributed by atoms with Gasteiger partial charge < -0.3 is 14.8 Å². The van der Waals surface area contributed by atoms with Crippen LogP contribution in [0.4, 0.5) is 4.39 Å². The number of carbonyl (C=O) groups excluding carboxylic acids is 1. The molecule has 0 saturated carbocycles. The molecular weight excluding hydrogens is 291 g/mol. The van der Waals surface area contributed by atoms with Gasteiger partial charge in [0, 0.05) is 6.92 Å². The highest BCUT2D eigenvalue weighted by Gasteiger charge is 2.38. The van der Waals surface area contributed by atoms with Gasteiger partial charge in [-0.2, -0.15) is 0 Å². The van der Waals surface area contributed by atoms with Crippen molar-refractivity contribution in [3.8, 4) is 0 Å². The van der Waals surface area contributed by atoms with Crippen LogP contribution in [0, 0.1) is 19.7 Å². The van der Waals surface area contributed by atoms with E-state index in [0.717, 1.165) is 12.1 Å². The predicted octanol–water partition coefficient (Wildman–Crippen LogP) is 2.16.